The van der Waals surface area contributed by atoms with Gasteiger partial charge in [-0.05, 0) is 63.4 Å². The zero-order valence-electron chi connectivity index (χ0n) is 20.1. The van der Waals surface area contributed by atoms with Crippen LogP contribution in [0.1, 0.15) is 30.4 Å². The summed E-state index contributed by atoms with van der Waals surface area (Å²) in [5.41, 5.74) is 2.98. The fraction of sp³-hybridized carbons (Fsp3) is 0.292. The van der Waals surface area contributed by atoms with Gasteiger partial charge in [-0.25, -0.2) is 9.58 Å². The average molecular weight is 557 g/mol. The second-order valence-electron chi connectivity index (χ2n) is 8.46. The number of aromatic nitrogens is 1. The smallest absolute Gasteiger partial charge is 0.282 e. The zero-order chi connectivity index (χ0) is 27.0. The van der Waals surface area contributed by atoms with Crippen LogP contribution in [-0.4, -0.2) is 44.0 Å². The van der Waals surface area contributed by atoms with Gasteiger partial charge in [0.1, 0.15) is 18.2 Å². The molecule has 1 saturated heterocycles. The van der Waals surface area contributed by atoms with Crippen LogP contribution in [0.2, 0.25) is 5.15 Å². The number of rotatable bonds is 3. The number of benzene rings is 2. The van der Waals surface area contributed by atoms with Crippen molar-refractivity contribution in [1.82, 2.24) is 9.58 Å². The van der Waals surface area contributed by atoms with Gasteiger partial charge in [-0.2, -0.15) is 22.7 Å². The summed E-state index contributed by atoms with van der Waals surface area (Å²) >= 11 is 5.74. The molecule has 1 aliphatic rings. The van der Waals surface area contributed by atoms with Crippen molar-refractivity contribution in [2.45, 2.75) is 42.9 Å². The van der Waals surface area contributed by atoms with Crippen molar-refractivity contribution < 1.29 is 25.9 Å². The first-order valence-electron chi connectivity index (χ1n) is 11.1. The van der Waals surface area contributed by atoms with Crippen LogP contribution in [0, 0.1) is 13.8 Å². The van der Waals surface area contributed by atoms with E-state index >= 15 is 0 Å². The number of halogens is 1. The highest BCUT2D eigenvalue weighted by molar-refractivity contribution is 7.86. The molecule has 0 atom stereocenters. The first-order chi connectivity index (χ1) is 16.7. The largest absolute Gasteiger partial charge is 0.294 e. The Balaban J connectivity index is 0.000000193. The van der Waals surface area contributed by atoms with Crippen LogP contribution in [0.3, 0.4) is 0 Å². The first kappa shape index (κ1) is 29.8. The molecule has 4 rings (SSSR count). The Morgan fingerprint density at radius 3 is 1.50 bits per heavy atom. The minimum atomic E-state index is -4.02. The summed E-state index contributed by atoms with van der Waals surface area (Å²) in [6.45, 7) is 5.69. The summed E-state index contributed by atoms with van der Waals surface area (Å²) in [6, 6.07) is 15.8. The Morgan fingerprint density at radius 1 is 0.750 bits per heavy atom. The molecule has 9 nitrogen and oxygen atoms in total. The lowest BCUT2D eigenvalue weighted by molar-refractivity contribution is 0.234. The average Bonchev–Trinajstić information content (AvgIpc) is 2.80. The molecule has 2 aromatic carbocycles. The summed E-state index contributed by atoms with van der Waals surface area (Å²) in [4.78, 5) is 3.94. The molecule has 0 spiro atoms. The van der Waals surface area contributed by atoms with Crippen molar-refractivity contribution in [3.05, 3.63) is 83.1 Å². The number of hydrogen-bond acceptors (Lipinski definition) is 6. The van der Waals surface area contributed by atoms with Crippen LogP contribution in [0.4, 0.5) is 5.69 Å². The lowest BCUT2D eigenvalue weighted by Gasteiger charge is -2.35. The first-order valence-corrected chi connectivity index (χ1v) is 14.3. The van der Waals surface area contributed by atoms with Crippen LogP contribution in [0.5, 0.6) is 0 Å². The quantitative estimate of drug-likeness (QED) is 0.184. The van der Waals surface area contributed by atoms with Crippen molar-refractivity contribution in [2.75, 3.05) is 13.1 Å². The van der Waals surface area contributed by atoms with Gasteiger partial charge in [0.2, 0.25) is 0 Å². The third kappa shape index (κ3) is 9.58. The van der Waals surface area contributed by atoms with Crippen LogP contribution < -0.4 is 10.4 Å². The molecule has 1 fully saturated rings. The molecule has 0 aliphatic carbocycles. The molecule has 3 aromatic rings. The Kier molecular flexibility index (Phi) is 10.6. The summed E-state index contributed by atoms with van der Waals surface area (Å²) in [5, 5.41) is 0.525. The van der Waals surface area contributed by atoms with Crippen molar-refractivity contribution in [2.24, 2.45) is 5.84 Å². The van der Waals surface area contributed by atoms with E-state index in [0.717, 1.165) is 29.9 Å². The molecule has 196 valence electrons. The zero-order valence-corrected chi connectivity index (χ0v) is 22.5. The molecule has 0 amide bonds. The van der Waals surface area contributed by atoms with Gasteiger partial charge in [-0.15, -0.1) is 0 Å². The van der Waals surface area contributed by atoms with E-state index in [1.807, 2.05) is 19.9 Å². The molecule has 0 bridgehead atoms. The highest BCUT2D eigenvalue weighted by Gasteiger charge is 2.29. The van der Waals surface area contributed by atoms with Gasteiger partial charge in [0, 0.05) is 6.07 Å². The number of pyridine rings is 1. The number of piperidine rings is 1. The predicted octanol–water partition coefficient (Wildman–Crippen LogP) is 4.58. The van der Waals surface area contributed by atoms with E-state index in [-0.39, 0.29) is 9.79 Å². The molecule has 12 heteroatoms. The fourth-order valence-corrected chi connectivity index (χ4v) is 4.46. The van der Waals surface area contributed by atoms with E-state index < -0.39 is 20.2 Å². The topological polar surface area (TPSA) is 148 Å². The molecule has 0 unspecified atom stereocenters. The van der Waals surface area contributed by atoms with Crippen molar-refractivity contribution in [3.8, 4) is 0 Å². The Bertz CT molecular complexity index is 1250. The van der Waals surface area contributed by atoms with E-state index in [4.69, 9.17) is 26.5 Å². The second kappa shape index (κ2) is 12.7. The van der Waals surface area contributed by atoms with Gasteiger partial charge >= 0.3 is 0 Å². The maximum atomic E-state index is 10.5. The number of nitrogens with zero attached hydrogens (tertiary/aromatic N) is 2. The van der Waals surface area contributed by atoms with Gasteiger partial charge in [0.05, 0.1) is 16.0 Å². The van der Waals surface area contributed by atoms with Gasteiger partial charge in [-0.3, -0.25) is 9.11 Å². The lowest BCUT2D eigenvalue weighted by Crippen LogP contribution is -2.58. The van der Waals surface area contributed by atoms with Crippen LogP contribution in [0.25, 0.3) is 0 Å². The number of nitrogens with two attached hydrogens (primary N) is 1. The number of hydrogen-bond donors (Lipinski definition) is 3. The number of quaternary nitrogens is 1. The summed E-state index contributed by atoms with van der Waals surface area (Å²) in [7, 11) is -8.04. The Morgan fingerprint density at radius 2 is 1.17 bits per heavy atom. The molecule has 0 radical (unpaired) electrons. The molecule has 36 heavy (non-hydrogen) atoms. The summed E-state index contributed by atoms with van der Waals surface area (Å²) < 4.78 is 59.6. The molecule has 1 aromatic heterocycles. The highest BCUT2D eigenvalue weighted by Crippen LogP contribution is 2.24. The Labute approximate surface area is 217 Å². The van der Waals surface area contributed by atoms with Crippen LogP contribution in [-0.2, 0) is 20.2 Å². The molecule has 1 aliphatic heterocycles. The van der Waals surface area contributed by atoms with E-state index in [1.165, 1.54) is 43.5 Å². The van der Waals surface area contributed by atoms with E-state index in [9.17, 15) is 16.8 Å². The molecule has 0 saturated carbocycles. The van der Waals surface area contributed by atoms with Crippen LogP contribution >= 0.6 is 11.6 Å². The maximum Gasteiger partial charge on any atom is 0.294 e. The maximum absolute atomic E-state index is 10.5. The SMILES string of the molecule is Cc1ccc(S(=O)(=O)O)cc1.Cc1ccc(S(=O)(=O)O)cc1.N[N+]1(c2ccc(Cl)nc2)CCCCC1. The fourth-order valence-electron chi connectivity index (χ4n) is 3.39. The summed E-state index contributed by atoms with van der Waals surface area (Å²) in [5.74, 6) is 6.28. The minimum Gasteiger partial charge on any atom is -0.282 e. The van der Waals surface area contributed by atoms with E-state index in [1.54, 1.807) is 36.5 Å². The highest BCUT2D eigenvalue weighted by atomic mass is 35.5. The third-order valence-corrected chi connectivity index (χ3v) is 7.44. The minimum absolute atomic E-state index is 0.0666. The standard InChI is InChI=1S/C10H15ClN3.2C7H8O3S/c11-10-5-4-9(8-13-10)14(12)6-2-1-3-7-14;2*1-6-2-4-7(5-3-6)11(8,9)10/h4-5,8H,1-3,6-7,12H2;2*2-5H,1H3,(H,8,9,10)/q+1;;. The van der Waals surface area contributed by atoms with Gasteiger partial charge in [0.15, 0.2) is 5.69 Å². The second-order valence-corrected chi connectivity index (χ2v) is 11.7. The monoisotopic (exact) mass is 556 g/mol. The van der Waals surface area contributed by atoms with E-state index in [0.29, 0.717) is 9.75 Å². The van der Waals surface area contributed by atoms with Crippen molar-refractivity contribution in [3.63, 3.8) is 0 Å². The molecular weight excluding hydrogens is 526 g/mol. The van der Waals surface area contributed by atoms with Crippen LogP contribution in [0.15, 0.2) is 76.7 Å². The van der Waals surface area contributed by atoms with Gasteiger partial charge < -0.3 is 0 Å². The third-order valence-electron chi connectivity index (χ3n) is 5.48. The molecular formula is C24H31ClN3O6S2+. The predicted molar refractivity (Wildman–Crippen MR) is 141 cm³/mol. The molecule has 4 N–H and O–H groups in total. The van der Waals surface area contributed by atoms with Gasteiger partial charge in [-0.1, -0.05) is 47.0 Å². The molecule has 2 heterocycles. The van der Waals surface area contributed by atoms with Crippen molar-refractivity contribution >= 4 is 37.5 Å². The normalized spacial score (nSPS) is 15.1. The number of aryl methyl sites for hydroxylation is 2. The van der Waals surface area contributed by atoms with Gasteiger partial charge in [0.25, 0.3) is 20.2 Å². The van der Waals surface area contributed by atoms with E-state index in [2.05, 4.69) is 4.98 Å². The lowest BCUT2D eigenvalue weighted by atomic mass is 10.1. The summed E-state index contributed by atoms with van der Waals surface area (Å²) in [6.07, 6.45) is 5.46. The van der Waals surface area contributed by atoms with Crippen molar-refractivity contribution in [1.29, 1.82) is 0 Å². The Hall–Kier alpha value is -2.38.